The monoisotopic (exact) mass is 352 g/mol. The third-order valence-corrected chi connectivity index (χ3v) is 5.52. The van der Waals surface area contributed by atoms with Crippen LogP contribution < -0.4 is 15.6 Å². The molecular weight excluding hydrogens is 328 g/mol. The Bertz CT molecular complexity index is 534. The molecule has 1 aliphatic carbocycles. The van der Waals surface area contributed by atoms with E-state index in [9.17, 15) is 0 Å². The van der Waals surface area contributed by atoms with Crippen molar-refractivity contribution in [3.8, 4) is 0 Å². The van der Waals surface area contributed by atoms with Crippen LogP contribution in [0.25, 0.3) is 0 Å². The summed E-state index contributed by atoms with van der Waals surface area (Å²) in [6.45, 7) is 3.55. The number of rotatable bonds is 4. The SMILES string of the molecule is S=C(N/N=C/c1ccc(N2CCOCC2)s1)NC1CCCCC1. The number of hydrogen-bond donors (Lipinski definition) is 2. The second-order valence-corrected chi connectivity index (χ2v) is 7.46. The fraction of sp³-hybridized carbons (Fsp3) is 0.625. The van der Waals surface area contributed by atoms with E-state index in [0.29, 0.717) is 11.2 Å². The second kappa shape index (κ2) is 8.61. The molecule has 0 bridgehead atoms. The summed E-state index contributed by atoms with van der Waals surface area (Å²) >= 11 is 7.05. The highest BCUT2D eigenvalue weighted by Crippen LogP contribution is 2.25. The average Bonchev–Trinajstić information content (AvgIpc) is 3.05. The van der Waals surface area contributed by atoms with Gasteiger partial charge >= 0.3 is 0 Å². The van der Waals surface area contributed by atoms with Crippen LogP contribution in [-0.2, 0) is 4.74 Å². The molecular formula is C16H24N4OS2. The molecule has 0 amide bonds. The molecule has 0 atom stereocenters. The van der Waals surface area contributed by atoms with Crippen molar-refractivity contribution in [3.05, 3.63) is 17.0 Å². The molecule has 0 aromatic carbocycles. The van der Waals surface area contributed by atoms with Crippen LogP contribution in [0.15, 0.2) is 17.2 Å². The number of thiocarbonyl (C=S) groups is 1. The standard InChI is InChI=1S/C16H24N4OS2/c22-16(18-13-4-2-1-3-5-13)19-17-12-14-6-7-15(23-14)20-8-10-21-11-9-20/h6-7,12-13H,1-5,8-11H2,(H2,18,19,22)/b17-12+. The maximum absolute atomic E-state index is 5.39. The summed E-state index contributed by atoms with van der Waals surface area (Å²) in [7, 11) is 0. The molecule has 2 heterocycles. The Morgan fingerprint density at radius 2 is 2.04 bits per heavy atom. The number of morpholine rings is 1. The summed E-state index contributed by atoms with van der Waals surface area (Å²) in [6.07, 6.45) is 8.19. The lowest BCUT2D eigenvalue weighted by Crippen LogP contribution is -2.40. The highest BCUT2D eigenvalue weighted by Gasteiger charge is 2.14. The van der Waals surface area contributed by atoms with Gasteiger partial charge in [0.2, 0.25) is 0 Å². The first-order valence-corrected chi connectivity index (χ1v) is 9.56. The van der Waals surface area contributed by atoms with Crippen molar-refractivity contribution in [2.24, 2.45) is 5.10 Å². The summed E-state index contributed by atoms with van der Waals surface area (Å²) in [6, 6.07) is 4.75. The number of thiophene rings is 1. The van der Waals surface area contributed by atoms with E-state index in [1.807, 2.05) is 6.21 Å². The van der Waals surface area contributed by atoms with Crippen molar-refractivity contribution in [1.29, 1.82) is 0 Å². The van der Waals surface area contributed by atoms with Gasteiger partial charge in [-0.25, -0.2) is 0 Å². The first-order valence-electron chi connectivity index (χ1n) is 8.33. The van der Waals surface area contributed by atoms with Crippen LogP contribution in [0.2, 0.25) is 0 Å². The number of ether oxygens (including phenoxy) is 1. The molecule has 5 nitrogen and oxygen atoms in total. The van der Waals surface area contributed by atoms with Gasteiger partial charge in [-0.15, -0.1) is 11.3 Å². The van der Waals surface area contributed by atoms with E-state index in [0.717, 1.165) is 31.2 Å². The smallest absolute Gasteiger partial charge is 0.187 e. The molecule has 7 heteroatoms. The third-order valence-electron chi connectivity index (χ3n) is 4.23. The van der Waals surface area contributed by atoms with Gasteiger partial charge in [0.1, 0.15) is 0 Å². The van der Waals surface area contributed by atoms with E-state index in [1.165, 1.54) is 37.1 Å². The quantitative estimate of drug-likeness (QED) is 0.496. The normalized spacial score (nSPS) is 19.9. The number of hydrogen-bond acceptors (Lipinski definition) is 5. The molecule has 1 saturated carbocycles. The molecule has 3 rings (SSSR count). The summed E-state index contributed by atoms with van der Waals surface area (Å²) in [5.41, 5.74) is 2.93. The van der Waals surface area contributed by atoms with Crippen molar-refractivity contribution in [2.75, 3.05) is 31.2 Å². The summed E-state index contributed by atoms with van der Waals surface area (Å²) in [4.78, 5) is 3.48. The zero-order valence-corrected chi connectivity index (χ0v) is 14.9. The molecule has 2 N–H and O–H groups in total. The Labute approximate surface area is 147 Å². The molecule has 23 heavy (non-hydrogen) atoms. The van der Waals surface area contributed by atoms with E-state index >= 15 is 0 Å². The lowest BCUT2D eigenvalue weighted by Gasteiger charge is -2.27. The number of nitrogens with one attached hydrogen (secondary N) is 2. The maximum Gasteiger partial charge on any atom is 0.187 e. The molecule has 1 saturated heterocycles. The lowest BCUT2D eigenvalue weighted by molar-refractivity contribution is 0.123. The van der Waals surface area contributed by atoms with Gasteiger partial charge in [0.15, 0.2) is 5.11 Å². The first-order chi connectivity index (χ1) is 11.3. The van der Waals surface area contributed by atoms with Crippen LogP contribution in [0, 0.1) is 0 Å². The van der Waals surface area contributed by atoms with E-state index in [1.54, 1.807) is 11.3 Å². The van der Waals surface area contributed by atoms with Crippen LogP contribution in [-0.4, -0.2) is 43.7 Å². The van der Waals surface area contributed by atoms with Crippen LogP contribution in [0.3, 0.4) is 0 Å². The Kier molecular flexibility index (Phi) is 6.24. The Balaban J connectivity index is 1.44. The fourth-order valence-electron chi connectivity index (χ4n) is 2.98. The Hall–Kier alpha value is -1.18. The lowest BCUT2D eigenvalue weighted by atomic mass is 9.96. The van der Waals surface area contributed by atoms with Crippen LogP contribution >= 0.6 is 23.6 Å². The van der Waals surface area contributed by atoms with Crippen LogP contribution in [0.1, 0.15) is 37.0 Å². The minimum atomic E-state index is 0.508. The van der Waals surface area contributed by atoms with Gasteiger partial charge in [0, 0.05) is 24.0 Å². The van der Waals surface area contributed by atoms with Crippen LogP contribution in [0.4, 0.5) is 5.00 Å². The zero-order chi connectivity index (χ0) is 15.9. The highest BCUT2D eigenvalue weighted by atomic mass is 32.1. The molecule has 126 valence electrons. The minimum absolute atomic E-state index is 0.508. The first kappa shape index (κ1) is 16.7. The topological polar surface area (TPSA) is 48.9 Å². The predicted octanol–water partition coefficient (Wildman–Crippen LogP) is 2.72. The fourth-order valence-corrected chi connectivity index (χ4v) is 4.13. The second-order valence-electron chi connectivity index (χ2n) is 5.95. The van der Waals surface area contributed by atoms with Gasteiger partial charge in [0.25, 0.3) is 0 Å². The molecule has 1 aromatic rings. The number of hydrazone groups is 1. The van der Waals surface area contributed by atoms with Gasteiger partial charge in [-0.1, -0.05) is 19.3 Å². The Morgan fingerprint density at radius 1 is 1.26 bits per heavy atom. The number of nitrogens with zero attached hydrogens (tertiary/aromatic N) is 2. The van der Waals surface area contributed by atoms with Crippen LogP contribution in [0.5, 0.6) is 0 Å². The van der Waals surface area contributed by atoms with Gasteiger partial charge in [0.05, 0.1) is 24.4 Å². The molecule has 0 spiro atoms. The van der Waals surface area contributed by atoms with E-state index in [-0.39, 0.29) is 0 Å². The van der Waals surface area contributed by atoms with Crippen molar-refractivity contribution >= 4 is 39.9 Å². The van der Waals surface area contributed by atoms with Gasteiger partial charge in [-0.2, -0.15) is 5.10 Å². The van der Waals surface area contributed by atoms with E-state index < -0.39 is 0 Å². The van der Waals surface area contributed by atoms with Crippen molar-refractivity contribution in [2.45, 2.75) is 38.1 Å². The molecule has 2 fully saturated rings. The van der Waals surface area contributed by atoms with Gasteiger partial charge in [-0.3, -0.25) is 5.43 Å². The Morgan fingerprint density at radius 3 is 2.83 bits per heavy atom. The third kappa shape index (κ3) is 5.16. The van der Waals surface area contributed by atoms with Crippen molar-refractivity contribution in [1.82, 2.24) is 10.7 Å². The molecule has 1 aliphatic heterocycles. The summed E-state index contributed by atoms with van der Waals surface area (Å²) < 4.78 is 5.39. The summed E-state index contributed by atoms with van der Waals surface area (Å²) in [5, 5.41) is 9.50. The minimum Gasteiger partial charge on any atom is -0.378 e. The largest absolute Gasteiger partial charge is 0.378 e. The van der Waals surface area contributed by atoms with Crippen molar-refractivity contribution in [3.63, 3.8) is 0 Å². The van der Waals surface area contributed by atoms with Gasteiger partial charge < -0.3 is 15.0 Å². The van der Waals surface area contributed by atoms with E-state index in [4.69, 9.17) is 17.0 Å². The van der Waals surface area contributed by atoms with E-state index in [2.05, 4.69) is 32.9 Å². The number of anilines is 1. The predicted molar refractivity (Wildman–Crippen MR) is 101 cm³/mol. The molecule has 2 aliphatic rings. The zero-order valence-electron chi connectivity index (χ0n) is 13.3. The average molecular weight is 353 g/mol. The van der Waals surface area contributed by atoms with Crippen molar-refractivity contribution < 1.29 is 4.74 Å². The molecule has 0 unspecified atom stereocenters. The van der Waals surface area contributed by atoms with Gasteiger partial charge in [-0.05, 0) is 37.2 Å². The molecule has 0 radical (unpaired) electrons. The highest BCUT2D eigenvalue weighted by molar-refractivity contribution is 7.80. The maximum atomic E-state index is 5.39. The molecule has 1 aromatic heterocycles. The summed E-state index contributed by atoms with van der Waals surface area (Å²) in [5.74, 6) is 0.